The number of barbiturate groups is 1. The van der Waals surface area contributed by atoms with Gasteiger partial charge in [-0.25, -0.2) is 14.5 Å². The van der Waals surface area contributed by atoms with Crippen LogP contribution in [0.1, 0.15) is 22.8 Å². The van der Waals surface area contributed by atoms with Crippen molar-refractivity contribution in [2.24, 2.45) is 0 Å². The Morgan fingerprint density at radius 3 is 2.29 bits per heavy atom. The Labute approximate surface area is 178 Å². The predicted molar refractivity (Wildman–Crippen MR) is 111 cm³/mol. The van der Waals surface area contributed by atoms with E-state index in [4.69, 9.17) is 14.2 Å². The first-order valence-corrected chi connectivity index (χ1v) is 9.30. The van der Waals surface area contributed by atoms with E-state index in [1.165, 1.54) is 44.6 Å². The van der Waals surface area contributed by atoms with Gasteiger partial charge >= 0.3 is 12.0 Å². The van der Waals surface area contributed by atoms with Gasteiger partial charge in [-0.05, 0) is 55.0 Å². The maximum atomic E-state index is 13.0. The van der Waals surface area contributed by atoms with Crippen molar-refractivity contribution < 1.29 is 33.4 Å². The molecule has 1 fully saturated rings. The molecule has 0 saturated carbocycles. The van der Waals surface area contributed by atoms with E-state index in [9.17, 15) is 19.2 Å². The average Bonchev–Trinajstić information content (AvgIpc) is 2.77. The number of hydrogen-bond donors (Lipinski definition) is 1. The Morgan fingerprint density at radius 1 is 1.00 bits per heavy atom. The van der Waals surface area contributed by atoms with E-state index in [0.717, 1.165) is 4.90 Å². The number of carbonyl (C=O) groups excluding carboxylic acids is 4. The Hall–Kier alpha value is -4.14. The third-order valence-electron chi connectivity index (χ3n) is 4.46. The molecule has 1 heterocycles. The lowest BCUT2D eigenvalue weighted by molar-refractivity contribution is -0.122. The van der Waals surface area contributed by atoms with Crippen molar-refractivity contribution in [1.29, 1.82) is 0 Å². The number of methoxy groups -OCH3 is 2. The zero-order chi connectivity index (χ0) is 22.5. The van der Waals surface area contributed by atoms with Crippen LogP contribution < -0.4 is 19.7 Å². The van der Waals surface area contributed by atoms with E-state index in [1.54, 1.807) is 25.1 Å². The molecule has 0 bridgehead atoms. The van der Waals surface area contributed by atoms with Crippen LogP contribution in [-0.4, -0.2) is 44.6 Å². The van der Waals surface area contributed by atoms with Crippen LogP contribution in [0.15, 0.2) is 48.0 Å². The highest BCUT2D eigenvalue weighted by Gasteiger charge is 2.36. The summed E-state index contributed by atoms with van der Waals surface area (Å²) in [6.45, 7) is 1.91. The number of hydrogen-bond acceptors (Lipinski definition) is 7. The second-order valence-corrected chi connectivity index (χ2v) is 6.34. The molecule has 0 atom stereocenters. The maximum absolute atomic E-state index is 13.0. The summed E-state index contributed by atoms with van der Waals surface area (Å²) in [7, 11) is 2.96. The monoisotopic (exact) mass is 424 g/mol. The van der Waals surface area contributed by atoms with Gasteiger partial charge in [0.25, 0.3) is 11.8 Å². The third kappa shape index (κ3) is 4.40. The fourth-order valence-electron chi connectivity index (χ4n) is 2.96. The van der Waals surface area contributed by atoms with Gasteiger partial charge in [0, 0.05) is 0 Å². The summed E-state index contributed by atoms with van der Waals surface area (Å²) in [6.07, 6.45) is 1.35. The Morgan fingerprint density at radius 2 is 1.68 bits per heavy atom. The number of anilines is 1. The van der Waals surface area contributed by atoms with E-state index in [2.05, 4.69) is 5.32 Å². The molecule has 1 N–H and O–H groups in total. The summed E-state index contributed by atoms with van der Waals surface area (Å²) in [4.78, 5) is 50.3. The Balaban J connectivity index is 1.93. The lowest BCUT2D eigenvalue weighted by atomic mass is 10.1. The summed E-state index contributed by atoms with van der Waals surface area (Å²) < 4.78 is 15.3. The molecule has 3 rings (SSSR count). The van der Waals surface area contributed by atoms with Crippen LogP contribution in [-0.2, 0) is 14.3 Å². The summed E-state index contributed by atoms with van der Waals surface area (Å²) in [6, 6.07) is 9.70. The second kappa shape index (κ2) is 9.12. The average molecular weight is 424 g/mol. The van der Waals surface area contributed by atoms with E-state index in [0.29, 0.717) is 17.1 Å². The quantitative estimate of drug-likeness (QED) is 0.431. The van der Waals surface area contributed by atoms with Gasteiger partial charge in [-0.3, -0.25) is 14.9 Å². The SMILES string of the molecule is CCOC(=O)c1ccc(N2C(=O)NC(=O)/C(=C/c3ccc(OC)c(OC)c3)C2=O)cc1. The molecule has 31 heavy (non-hydrogen) atoms. The van der Waals surface area contributed by atoms with Crippen molar-refractivity contribution >= 4 is 35.6 Å². The number of rotatable bonds is 6. The lowest BCUT2D eigenvalue weighted by Gasteiger charge is -2.26. The number of benzene rings is 2. The second-order valence-electron chi connectivity index (χ2n) is 6.34. The lowest BCUT2D eigenvalue weighted by Crippen LogP contribution is -2.54. The number of nitrogens with one attached hydrogen (secondary N) is 1. The molecule has 0 radical (unpaired) electrons. The smallest absolute Gasteiger partial charge is 0.338 e. The number of ether oxygens (including phenoxy) is 3. The third-order valence-corrected chi connectivity index (χ3v) is 4.46. The van der Waals surface area contributed by atoms with Gasteiger partial charge in [-0.2, -0.15) is 0 Å². The number of imide groups is 2. The van der Waals surface area contributed by atoms with Crippen LogP contribution in [0.3, 0.4) is 0 Å². The molecule has 2 aromatic carbocycles. The molecule has 4 amide bonds. The standard InChI is InChI=1S/C22H20N2O7/c1-4-31-21(27)14-6-8-15(9-7-14)24-20(26)16(19(25)23-22(24)28)11-13-5-10-17(29-2)18(12-13)30-3/h5-12H,4H2,1-3H3,(H,23,25,28)/b16-11-. The van der Waals surface area contributed by atoms with Gasteiger partial charge in [-0.15, -0.1) is 0 Å². The highest BCUT2D eigenvalue weighted by Crippen LogP contribution is 2.29. The van der Waals surface area contributed by atoms with E-state index >= 15 is 0 Å². The van der Waals surface area contributed by atoms with Gasteiger partial charge in [0.1, 0.15) is 5.57 Å². The summed E-state index contributed by atoms with van der Waals surface area (Å²) in [5, 5.41) is 2.15. The fourth-order valence-corrected chi connectivity index (χ4v) is 2.96. The van der Waals surface area contributed by atoms with Crippen molar-refractivity contribution in [2.75, 3.05) is 25.7 Å². The predicted octanol–water partition coefficient (Wildman–Crippen LogP) is 2.55. The molecule has 0 aliphatic carbocycles. The fraction of sp³-hybridized carbons (Fsp3) is 0.182. The molecule has 0 aromatic heterocycles. The minimum absolute atomic E-state index is 0.196. The molecular formula is C22H20N2O7. The van der Waals surface area contributed by atoms with Crippen molar-refractivity contribution in [2.45, 2.75) is 6.92 Å². The summed E-state index contributed by atoms with van der Waals surface area (Å²) in [5.74, 6) is -1.23. The van der Waals surface area contributed by atoms with Crippen LogP contribution in [0.4, 0.5) is 10.5 Å². The zero-order valence-electron chi connectivity index (χ0n) is 17.1. The largest absolute Gasteiger partial charge is 0.493 e. The molecule has 1 saturated heterocycles. The van der Waals surface area contributed by atoms with Gasteiger partial charge in [-0.1, -0.05) is 6.07 Å². The van der Waals surface area contributed by atoms with Crippen molar-refractivity contribution in [3.05, 3.63) is 59.2 Å². The molecule has 1 aliphatic rings. The molecule has 160 valence electrons. The normalized spacial score (nSPS) is 15.0. The minimum Gasteiger partial charge on any atom is -0.493 e. The minimum atomic E-state index is -0.886. The number of amides is 4. The summed E-state index contributed by atoms with van der Waals surface area (Å²) >= 11 is 0. The first-order valence-electron chi connectivity index (χ1n) is 9.30. The highest BCUT2D eigenvalue weighted by molar-refractivity contribution is 6.39. The molecule has 9 heteroatoms. The van der Waals surface area contributed by atoms with Crippen LogP contribution in [0, 0.1) is 0 Å². The van der Waals surface area contributed by atoms with Crippen molar-refractivity contribution in [3.63, 3.8) is 0 Å². The van der Waals surface area contributed by atoms with Crippen LogP contribution >= 0.6 is 0 Å². The van der Waals surface area contributed by atoms with Crippen LogP contribution in [0.25, 0.3) is 6.08 Å². The number of nitrogens with zero attached hydrogens (tertiary/aromatic N) is 1. The zero-order valence-corrected chi connectivity index (χ0v) is 17.1. The Kier molecular flexibility index (Phi) is 6.35. The highest BCUT2D eigenvalue weighted by atomic mass is 16.5. The summed E-state index contributed by atoms with van der Waals surface area (Å²) in [5.41, 5.74) is 0.735. The molecule has 0 unspecified atom stereocenters. The first kappa shape index (κ1) is 21.6. The van der Waals surface area contributed by atoms with Gasteiger partial charge < -0.3 is 14.2 Å². The molecule has 0 spiro atoms. The van der Waals surface area contributed by atoms with Crippen LogP contribution in [0.5, 0.6) is 11.5 Å². The number of carbonyl (C=O) groups is 4. The molecule has 9 nitrogen and oxygen atoms in total. The molecular weight excluding hydrogens is 404 g/mol. The van der Waals surface area contributed by atoms with E-state index in [1.807, 2.05) is 0 Å². The first-order chi connectivity index (χ1) is 14.9. The number of esters is 1. The number of urea groups is 1. The Bertz CT molecular complexity index is 1070. The molecule has 2 aromatic rings. The van der Waals surface area contributed by atoms with Gasteiger partial charge in [0.2, 0.25) is 0 Å². The maximum Gasteiger partial charge on any atom is 0.338 e. The molecule has 1 aliphatic heterocycles. The van der Waals surface area contributed by atoms with Crippen molar-refractivity contribution in [3.8, 4) is 11.5 Å². The van der Waals surface area contributed by atoms with Gasteiger partial charge in [0.15, 0.2) is 11.5 Å². The van der Waals surface area contributed by atoms with Gasteiger partial charge in [0.05, 0.1) is 32.1 Å². The van der Waals surface area contributed by atoms with Crippen LogP contribution in [0.2, 0.25) is 0 Å². The van der Waals surface area contributed by atoms with Crippen molar-refractivity contribution in [1.82, 2.24) is 5.32 Å². The van der Waals surface area contributed by atoms with E-state index in [-0.39, 0.29) is 23.4 Å². The topological polar surface area (TPSA) is 111 Å². The van der Waals surface area contributed by atoms with E-state index < -0.39 is 23.8 Å².